The first kappa shape index (κ1) is 22.5. The lowest BCUT2D eigenvalue weighted by Crippen LogP contribution is -2.41. The molecule has 0 bridgehead atoms. The summed E-state index contributed by atoms with van der Waals surface area (Å²) in [4.78, 5) is 2.01. The molecule has 3 heterocycles. The van der Waals surface area contributed by atoms with Gasteiger partial charge in [0.05, 0.1) is 24.4 Å². The molecule has 0 amide bonds. The fourth-order valence-corrected chi connectivity index (χ4v) is 3.43. The van der Waals surface area contributed by atoms with Gasteiger partial charge in [0.2, 0.25) is 0 Å². The zero-order chi connectivity index (χ0) is 21.1. The van der Waals surface area contributed by atoms with E-state index in [0.29, 0.717) is 13.1 Å². The van der Waals surface area contributed by atoms with Crippen molar-refractivity contribution in [2.75, 3.05) is 44.3 Å². The molecule has 162 valence electrons. The number of nitrogens with one attached hydrogen (secondary N) is 1. The van der Waals surface area contributed by atoms with Crippen LogP contribution in [0.25, 0.3) is 0 Å². The van der Waals surface area contributed by atoms with Crippen molar-refractivity contribution in [1.29, 1.82) is 0 Å². The predicted octanol–water partition coefficient (Wildman–Crippen LogP) is 2.83. The average molecular weight is 410 g/mol. The summed E-state index contributed by atoms with van der Waals surface area (Å²) in [6.45, 7) is 12.7. The van der Waals surface area contributed by atoms with Crippen molar-refractivity contribution in [2.24, 2.45) is 0 Å². The number of halogens is 2. The molecule has 3 fully saturated rings. The van der Waals surface area contributed by atoms with E-state index in [1.165, 1.54) is 0 Å². The van der Waals surface area contributed by atoms with Crippen LogP contribution >= 0.6 is 0 Å². The molecule has 0 atom stereocenters. The Bertz CT molecular complexity index is 629. The van der Waals surface area contributed by atoms with E-state index in [4.69, 9.17) is 14.0 Å². The quantitative estimate of drug-likeness (QED) is 0.760. The second-order valence-corrected chi connectivity index (χ2v) is 8.89. The van der Waals surface area contributed by atoms with Crippen LogP contribution < -0.4 is 15.7 Å². The van der Waals surface area contributed by atoms with Gasteiger partial charge in [0.1, 0.15) is 0 Å². The average Bonchev–Trinajstić information content (AvgIpc) is 2.91. The summed E-state index contributed by atoms with van der Waals surface area (Å²) >= 11 is 0. The maximum Gasteiger partial charge on any atom is 0.494 e. The standard InChI is InChI=1S/C17H24BF2NO2.C4H9NO/c1-15(2)16(3,4)23-18(22-15)13-5-7-14(8-6-13)21-11-9-17(19,20)10-12-21;1-3-6-4-2-5-1/h5-8H,9-12H2,1-4H3;5H,1-4H2. The first-order valence-electron chi connectivity index (χ1n) is 10.5. The van der Waals surface area contributed by atoms with Crippen molar-refractivity contribution in [3.63, 3.8) is 0 Å². The first-order valence-corrected chi connectivity index (χ1v) is 10.5. The van der Waals surface area contributed by atoms with Crippen LogP contribution in [0.4, 0.5) is 14.5 Å². The smallest absolute Gasteiger partial charge is 0.399 e. The largest absolute Gasteiger partial charge is 0.494 e. The molecule has 0 spiro atoms. The maximum absolute atomic E-state index is 13.2. The van der Waals surface area contributed by atoms with Gasteiger partial charge in [-0.1, -0.05) is 12.1 Å². The van der Waals surface area contributed by atoms with Crippen molar-refractivity contribution < 1.29 is 22.8 Å². The van der Waals surface area contributed by atoms with Gasteiger partial charge in [-0.05, 0) is 45.3 Å². The number of hydrogen-bond donors (Lipinski definition) is 1. The third kappa shape index (κ3) is 5.69. The monoisotopic (exact) mass is 410 g/mol. The Balaban J connectivity index is 0.000000343. The van der Waals surface area contributed by atoms with Gasteiger partial charge < -0.3 is 24.3 Å². The molecule has 8 heteroatoms. The summed E-state index contributed by atoms with van der Waals surface area (Å²) in [6.07, 6.45) is -0.155. The van der Waals surface area contributed by atoms with Crippen LogP contribution in [-0.4, -0.2) is 63.6 Å². The van der Waals surface area contributed by atoms with Crippen LogP contribution in [0.1, 0.15) is 40.5 Å². The van der Waals surface area contributed by atoms with Gasteiger partial charge in [-0.25, -0.2) is 8.78 Å². The van der Waals surface area contributed by atoms with Crippen LogP contribution in [0.15, 0.2) is 24.3 Å². The minimum absolute atomic E-state index is 0.0774. The fourth-order valence-electron chi connectivity index (χ4n) is 3.43. The number of hydrogen-bond acceptors (Lipinski definition) is 5. The molecular formula is C21H33BF2N2O3. The highest BCUT2D eigenvalue weighted by molar-refractivity contribution is 6.62. The molecule has 1 N–H and O–H groups in total. The van der Waals surface area contributed by atoms with Crippen LogP contribution in [0.3, 0.4) is 0 Å². The lowest BCUT2D eigenvalue weighted by Gasteiger charge is -2.33. The molecule has 0 aliphatic carbocycles. The molecule has 29 heavy (non-hydrogen) atoms. The summed E-state index contributed by atoms with van der Waals surface area (Å²) in [5.74, 6) is -2.51. The van der Waals surface area contributed by atoms with E-state index < -0.39 is 5.92 Å². The van der Waals surface area contributed by atoms with E-state index in [1.54, 1.807) is 0 Å². The van der Waals surface area contributed by atoms with E-state index in [1.807, 2.05) is 56.9 Å². The van der Waals surface area contributed by atoms with Crippen LogP contribution in [0.2, 0.25) is 0 Å². The zero-order valence-electron chi connectivity index (χ0n) is 18.0. The Morgan fingerprint density at radius 2 is 1.41 bits per heavy atom. The van der Waals surface area contributed by atoms with Gasteiger partial charge in [0.25, 0.3) is 5.92 Å². The Labute approximate surface area is 173 Å². The second kappa shape index (κ2) is 8.88. The van der Waals surface area contributed by atoms with Crippen molar-refractivity contribution in [3.8, 4) is 0 Å². The van der Waals surface area contributed by atoms with E-state index in [-0.39, 0.29) is 31.2 Å². The Morgan fingerprint density at radius 3 is 1.83 bits per heavy atom. The minimum atomic E-state index is -2.51. The molecular weight excluding hydrogens is 377 g/mol. The Morgan fingerprint density at radius 1 is 0.897 bits per heavy atom. The number of piperidine rings is 1. The highest BCUT2D eigenvalue weighted by Gasteiger charge is 2.51. The third-order valence-electron chi connectivity index (χ3n) is 6.12. The number of morpholine rings is 1. The topological polar surface area (TPSA) is 43.0 Å². The van der Waals surface area contributed by atoms with Crippen molar-refractivity contribution in [3.05, 3.63) is 24.3 Å². The summed E-state index contributed by atoms with van der Waals surface area (Å²) in [7, 11) is -0.389. The third-order valence-corrected chi connectivity index (χ3v) is 6.12. The predicted molar refractivity (Wildman–Crippen MR) is 112 cm³/mol. The van der Waals surface area contributed by atoms with Gasteiger partial charge in [0.15, 0.2) is 0 Å². The van der Waals surface area contributed by atoms with E-state index in [0.717, 1.165) is 37.5 Å². The molecule has 4 rings (SSSR count). The van der Waals surface area contributed by atoms with Crippen LogP contribution in [0.5, 0.6) is 0 Å². The maximum atomic E-state index is 13.2. The number of anilines is 1. The molecule has 3 saturated heterocycles. The van der Waals surface area contributed by atoms with Crippen molar-refractivity contribution in [2.45, 2.75) is 57.7 Å². The Hall–Kier alpha value is -1.22. The van der Waals surface area contributed by atoms with Gasteiger partial charge in [-0.15, -0.1) is 0 Å². The first-order chi connectivity index (χ1) is 13.6. The molecule has 1 aromatic rings. The molecule has 0 saturated carbocycles. The molecule has 1 aromatic carbocycles. The van der Waals surface area contributed by atoms with Crippen molar-refractivity contribution in [1.82, 2.24) is 5.32 Å². The Kier molecular flexibility index (Phi) is 6.88. The molecule has 0 aromatic heterocycles. The van der Waals surface area contributed by atoms with Gasteiger partial charge >= 0.3 is 7.12 Å². The highest BCUT2D eigenvalue weighted by atomic mass is 19.3. The second-order valence-electron chi connectivity index (χ2n) is 8.89. The van der Waals surface area contributed by atoms with Crippen LogP contribution in [-0.2, 0) is 14.0 Å². The normalized spacial score (nSPS) is 25.3. The molecule has 5 nitrogen and oxygen atoms in total. The van der Waals surface area contributed by atoms with Gasteiger partial charge in [-0.3, -0.25) is 0 Å². The summed E-state index contributed by atoms with van der Waals surface area (Å²) in [5, 5.41) is 3.16. The number of ether oxygens (including phenoxy) is 1. The van der Waals surface area contributed by atoms with E-state index in [9.17, 15) is 8.78 Å². The number of alkyl halides is 2. The lowest BCUT2D eigenvalue weighted by molar-refractivity contribution is -0.0220. The summed E-state index contributed by atoms with van der Waals surface area (Å²) in [6, 6.07) is 7.85. The van der Waals surface area contributed by atoms with E-state index >= 15 is 0 Å². The highest BCUT2D eigenvalue weighted by Crippen LogP contribution is 2.36. The van der Waals surface area contributed by atoms with E-state index in [2.05, 4.69) is 5.32 Å². The number of benzene rings is 1. The molecule has 0 radical (unpaired) electrons. The lowest BCUT2D eigenvalue weighted by atomic mass is 9.79. The molecule has 0 unspecified atom stereocenters. The molecule has 3 aliphatic rings. The van der Waals surface area contributed by atoms with Gasteiger partial charge in [-0.2, -0.15) is 0 Å². The number of rotatable bonds is 2. The summed E-state index contributed by atoms with van der Waals surface area (Å²) in [5.41, 5.74) is 1.19. The SMILES string of the molecule is C1COCCN1.CC1(C)OB(c2ccc(N3CCC(F)(F)CC3)cc2)OC1(C)C. The minimum Gasteiger partial charge on any atom is -0.399 e. The van der Waals surface area contributed by atoms with Crippen molar-refractivity contribution >= 4 is 18.3 Å². The number of nitrogens with zero attached hydrogens (tertiary/aromatic N) is 1. The molecule has 3 aliphatic heterocycles. The fraction of sp³-hybridized carbons (Fsp3) is 0.714. The van der Waals surface area contributed by atoms with Crippen LogP contribution in [0, 0.1) is 0 Å². The zero-order valence-corrected chi connectivity index (χ0v) is 18.0. The summed E-state index contributed by atoms with van der Waals surface area (Å²) < 4.78 is 43.6. The van der Waals surface area contributed by atoms with Gasteiger partial charge in [0, 0.05) is 44.7 Å².